The Morgan fingerprint density at radius 2 is 2.47 bits per heavy atom. The Balaban J connectivity index is 2.61. The third kappa shape index (κ3) is 3.72. The van der Waals surface area contributed by atoms with Gasteiger partial charge in [-0.2, -0.15) is 0 Å². The molecule has 0 aliphatic rings. The second kappa shape index (κ2) is 5.51. The molecule has 0 aliphatic heterocycles. The number of aromatic nitrogens is 1. The fourth-order valence-electron chi connectivity index (χ4n) is 1.13. The van der Waals surface area contributed by atoms with Crippen LogP contribution in [0, 0.1) is 0 Å². The van der Waals surface area contributed by atoms with Crippen LogP contribution in [0.3, 0.4) is 0 Å². The van der Waals surface area contributed by atoms with Crippen LogP contribution in [0.15, 0.2) is 31.0 Å². The molecule has 1 rings (SSSR count). The van der Waals surface area contributed by atoms with Gasteiger partial charge in [-0.05, 0) is 25.5 Å². The van der Waals surface area contributed by atoms with Crippen LogP contribution >= 0.6 is 11.6 Å². The number of carbonyl (C=O) groups is 1. The van der Waals surface area contributed by atoms with Gasteiger partial charge in [-0.25, -0.2) is 4.98 Å². The van der Waals surface area contributed by atoms with Gasteiger partial charge in [0.25, 0.3) is 5.91 Å². The van der Waals surface area contributed by atoms with Crippen molar-refractivity contribution in [2.75, 3.05) is 0 Å². The number of hydrogen-bond acceptors (Lipinski definition) is 2. The zero-order valence-electron chi connectivity index (χ0n) is 8.53. The molecule has 0 aromatic carbocycles. The summed E-state index contributed by atoms with van der Waals surface area (Å²) in [5.74, 6) is -0.145. The van der Waals surface area contributed by atoms with Gasteiger partial charge in [0.15, 0.2) is 0 Å². The van der Waals surface area contributed by atoms with E-state index in [0.29, 0.717) is 10.7 Å². The lowest BCUT2D eigenvalue weighted by Gasteiger charge is -2.11. The number of pyridine rings is 1. The van der Waals surface area contributed by atoms with Gasteiger partial charge in [0, 0.05) is 12.2 Å². The summed E-state index contributed by atoms with van der Waals surface area (Å²) in [6.45, 7) is 5.53. The van der Waals surface area contributed by atoms with Crippen LogP contribution in [0.5, 0.6) is 0 Å². The van der Waals surface area contributed by atoms with Crippen molar-refractivity contribution in [3.8, 4) is 0 Å². The van der Waals surface area contributed by atoms with E-state index < -0.39 is 0 Å². The van der Waals surface area contributed by atoms with Crippen molar-refractivity contribution in [1.29, 1.82) is 0 Å². The maximum atomic E-state index is 11.6. The van der Waals surface area contributed by atoms with E-state index in [1.54, 1.807) is 18.2 Å². The lowest BCUT2D eigenvalue weighted by atomic mass is 10.2. The van der Waals surface area contributed by atoms with Gasteiger partial charge >= 0.3 is 0 Å². The minimum absolute atomic E-state index is 0.0747. The van der Waals surface area contributed by atoms with Gasteiger partial charge in [-0.15, -0.1) is 6.58 Å². The standard InChI is InChI=1S/C11H13ClN2O/c1-3-4-8(2)14-11(15)9-5-6-10(12)13-7-9/h3,5-8H,1,4H2,2H3,(H,14,15). The van der Waals surface area contributed by atoms with Crippen molar-refractivity contribution in [2.45, 2.75) is 19.4 Å². The molecule has 15 heavy (non-hydrogen) atoms. The van der Waals surface area contributed by atoms with Crippen molar-refractivity contribution >= 4 is 17.5 Å². The van der Waals surface area contributed by atoms with E-state index in [2.05, 4.69) is 16.9 Å². The maximum absolute atomic E-state index is 11.6. The zero-order valence-corrected chi connectivity index (χ0v) is 9.29. The molecule has 4 heteroatoms. The number of amides is 1. The summed E-state index contributed by atoms with van der Waals surface area (Å²) in [5.41, 5.74) is 0.510. The first-order chi connectivity index (χ1) is 7.13. The lowest BCUT2D eigenvalue weighted by molar-refractivity contribution is 0.0940. The molecule has 1 atom stereocenters. The molecule has 0 fully saturated rings. The average Bonchev–Trinajstić information content (AvgIpc) is 2.18. The van der Waals surface area contributed by atoms with Crippen LogP contribution in [-0.2, 0) is 0 Å². The number of halogens is 1. The normalized spacial score (nSPS) is 11.9. The molecule has 3 nitrogen and oxygen atoms in total. The predicted octanol–water partition coefficient (Wildman–Crippen LogP) is 2.43. The fourth-order valence-corrected chi connectivity index (χ4v) is 1.24. The summed E-state index contributed by atoms with van der Waals surface area (Å²) >= 11 is 5.62. The minimum Gasteiger partial charge on any atom is -0.349 e. The van der Waals surface area contributed by atoms with E-state index in [1.807, 2.05) is 6.92 Å². The number of rotatable bonds is 4. The highest BCUT2D eigenvalue weighted by Gasteiger charge is 2.08. The van der Waals surface area contributed by atoms with Gasteiger partial charge in [0.05, 0.1) is 5.56 Å². The molecule has 1 unspecified atom stereocenters. The van der Waals surface area contributed by atoms with E-state index in [1.165, 1.54) is 6.20 Å². The fraction of sp³-hybridized carbons (Fsp3) is 0.273. The van der Waals surface area contributed by atoms with E-state index in [0.717, 1.165) is 6.42 Å². The molecule has 0 bridgehead atoms. The number of nitrogens with zero attached hydrogens (tertiary/aromatic N) is 1. The predicted molar refractivity (Wildman–Crippen MR) is 61.0 cm³/mol. The zero-order chi connectivity index (χ0) is 11.3. The second-order valence-corrected chi connectivity index (χ2v) is 3.66. The van der Waals surface area contributed by atoms with Crippen molar-refractivity contribution in [3.05, 3.63) is 41.7 Å². The Labute approximate surface area is 94.2 Å². The smallest absolute Gasteiger partial charge is 0.253 e. The van der Waals surface area contributed by atoms with Crippen molar-refractivity contribution in [1.82, 2.24) is 10.3 Å². The molecule has 80 valence electrons. The van der Waals surface area contributed by atoms with Crippen LogP contribution in [0.4, 0.5) is 0 Å². The number of hydrogen-bond donors (Lipinski definition) is 1. The highest BCUT2D eigenvalue weighted by Crippen LogP contribution is 2.05. The molecule has 1 amide bonds. The van der Waals surface area contributed by atoms with Gasteiger partial charge in [0.1, 0.15) is 5.15 Å². The molecule has 1 N–H and O–H groups in total. The molecule has 1 aromatic rings. The SMILES string of the molecule is C=CCC(C)NC(=O)c1ccc(Cl)nc1. The quantitative estimate of drug-likeness (QED) is 0.631. The summed E-state index contributed by atoms with van der Waals surface area (Å²) in [6.07, 6.45) is 3.97. The van der Waals surface area contributed by atoms with Gasteiger partial charge in [0.2, 0.25) is 0 Å². The summed E-state index contributed by atoms with van der Waals surface area (Å²) in [5, 5.41) is 3.20. The van der Waals surface area contributed by atoms with Crippen LogP contribution in [0.25, 0.3) is 0 Å². The summed E-state index contributed by atoms with van der Waals surface area (Å²) in [7, 11) is 0. The van der Waals surface area contributed by atoms with Crippen LogP contribution < -0.4 is 5.32 Å². The summed E-state index contributed by atoms with van der Waals surface area (Å²) in [4.78, 5) is 15.5. The molecule has 0 aliphatic carbocycles. The third-order valence-corrected chi connectivity index (χ3v) is 2.11. The largest absolute Gasteiger partial charge is 0.349 e. The molecular weight excluding hydrogens is 212 g/mol. The Morgan fingerprint density at radius 1 is 1.73 bits per heavy atom. The van der Waals surface area contributed by atoms with Crippen molar-refractivity contribution in [3.63, 3.8) is 0 Å². The monoisotopic (exact) mass is 224 g/mol. The topological polar surface area (TPSA) is 42.0 Å². The third-order valence-electron chi connectivity index (χ3n) is 1.89. The molecular formula is C11H13ClN2O. The number of nitrogens with one attached hydrogen (secondary N) is 1. The van der Waals surface area contributed by atoms with Gasteiger partial charge in [-0.1, -0.05) is 17.7 Å². The maximum Gasteiger partial charge on any atom is 0.253 e. The van der Waals surface area contributed by atoms with Crippen molar-refractivity contribution in [2.24, 2.45) is 0 Å². The van der Waals surface area contributed by atoms with Crippen molar-refractivity contribution < 1.29 is 4.79 Å². The first-order valence-corrected chi connectivity index (χ1v) is 5.04. The van der Waals surface area contributed by atoms with Crippen LogP contribution in [-0.4, -0.2) is 16.9 Å². The Bertz CT molecular complexity index is 348. The molecule has 0 spiro atoms. The second-order valence-electron chi connectivity index (χ2n) is 3.27. The lowest BCUT2D eigenvalue weighted by Crippen LogP contribution is -2.32. The average molecular weight is 225 g/mol. The van der Waals surface area contributed by atoms with Gasteiger partial charge in [-0.3, -0.25) is 4.79 Å². The molecule has 0 radical (unpaired) electrons. The Hall–Kier alpha value is -1.35. The first-order valence-electron chi connectivity index (χ1n) is 4.67. The van der Waals surface area contributed by atoms with Gasteiger partial charge < -0.3 is 5.32 Å². The van der Waals surface area contributed by atoms with Crippen LogP contribution in [0.1, 0.15) is 23.7 Å². The summed E-state index contributed by atoms with van der Waals surface area (Å²) in [6, 6.07) is 3.31. The molecule has 0 saturated heterocycles. The minimum atomic E-state index is -0.145. The number of carbonyl (C=O) groups excluding carboxylic acids is 1. The molecule has 1 heterocycles. The highest BCUT2D eigenvalue weighted by atomic mass is 35.5. The highest BCUT2D eigenvalue weighted by molar-refractivity contribution is 6.29. The van der Waals surface area contributed by atoms with E-state index in [9.17, 15) is 4.79 Å². The van der Waals surface area contributed by atoms with E-state index >= 15 is 0 Å². The van der Waals surface area contributed by atoms with E-state index in [-0.39, 0.29) is 11.9 Å². The Kier molecular flexibility index (Phi) is 4.31. The van der Waals surface area contributed by atoms with Crippen LogP contribution in [0.2, 0.25) is 5.15 Å². The summed E-state index contributed by atoms with van der Waals surface area (Å²) < 4.78 is 0. The Morgan fingerprint density at radius 3 is 3.00 bits per heavy atom. The first kappa shape index (κ1) is 11.7. The molecule has 0 saturated carbocycles. The van der Waals surface area contributed by atoms with E-state index in [4.69, 9.17) is 11.6 Å². The molecule has 1 aromatic heterocycles.